The predicted octanol–water partition coefficient (Wildman–Crippen LogP) is 4.06. The minimum atomic E-state index is -4.14. The Kier molecular flexibility index (Phi) is 4.58. The van der Waals surface area contributed by atoms with Gasteiger partial charge in [0.15, 0.2) is 0 Å². The standard InChI is InChI=1S/C17H21F3N4S/c18-17(19,20)8-21-10-4-6-11(7-5-10)24-15-14-12-2-1-3-13(12)25-16(14)23-9-22-15/h9-11,21H,1-8H2,(H,22,23,24)/t10-,11-. The van der Waals surface area contributed by atoms with Gasteiger partial charge in [0.1, 0.15) is 17.0 Å². The number of nitrogens with one attached hydrogen (secondary N) is 2. The minimum Gasteiger partial charge on any atom is -0.367 e. The van der Waals surface area contributed by atoms with Crippen molar-refractivity contribution in [3.63, 3.8) is 0 Å². The molecular weight excluding hydrogens is 349 g/mol. The highest BCUT2D eigenvalue weighted by atomic mass is 32.1. The van der Waals surface area contributed by atoms with Crippen LogP contribution in [0.5, 0.6) is 0 Å². The maximum absolute atomic E-state index is 12.3. The number of anilines is 1. The summed E-state index contributed by atoms with van der Waals surface area (Å²) < 4.78 is 36.9. The number of alkyl halides is 3. The van der Waals surface area contributed by atoms with Crippen LogP contribution in [0, 0.1) is 0 Å². The van der Waals surface area contributed by atoms with Crippen molar-refractivity contribution >= 4 is 27.4 Å². The molecule has 0 radical (unpaired) electrons. The lowest BCUT2D eigenvalue weighted by Crippen LogP contribution is -2.41. The van der Waals surface area contributed by atoms with Crippen molar-refractivity contribution in [3.05, 3.63) is 16.8 Å². The van der Waals surface area contributed by atoms with Gasteiger partial charge in [-0.1, -0.05) is 0 Å². The van der Waals surface area contributed by atoms with E-state index in [4.69, 9.17) is 0 Å². The quantitative estimate of drug-likeness (QED) is 0.852. The monoisotopic (exact) mass is 370 g/mol. The number of halogens is 3. The molecule has 25 heavy (non-hydrogen) atoms. The van der Waals surface area contributed by atoms with E-state index in [0.29, 0.717) is 0 Å². The zero-order valence-electron chi connectivity index (χ0n) is 13.8. The van der Waals surface area contributed by atoms with Gasteiger partial charge < -0.3 is 10.6 Å². The van der Waals surface area contributed by atoms with E-state index in [2.05, 4.69) is 20.6 Å². The van der Waals surface area contributed by atoms with E-state index in [-0.39, 0.29) is 12.1 Å². The molecule has 0 saturated heterocycles. The van der Waals surface area contributed by atoms with Gasteiger partial charge >= 0.3 is 6.18 Å². The van der Waals surface area contributed by atoms with Crippen molar-refractivity contribution in [1.29, 1.82) is 0 Å². The largest absolute Gasteiger partial charge is 0.401 e. The van der Waals surface area contributed by atoms with E-state index in [1.165, 1.54) is 16.9 Å². The molecule has 2 aromatic heterocycles. The summed E-state index contributed by atoms with van der Waals surface area (Å²) in [4.78, 5) is 11.3. The Morgan fingerprint density at radius 3 is 2.60 bits per heavy atom. The summed E-state index contributed by atoms with van der Waals surface area (Å²) in [5.41, 5.74) is 1.39. The number of hydrogen-bond acceptors (Lipinski definition) is 5. The number of thiophene rings is 1. The van der Waals surface area contributed by atoms with E-state index in [1.54, 1.807) is 17.7 Å². The first-order chi connectivity index (χ1) is 12.0. The molecule has 2 aliphatic rings. The molecule has 0 aromatic carbocycles. The highest BCUT2D eigenvalue weighted by Crippen LogP contribution is 2.39. The normalized spacial score (nSPS) is 23.8. The first-order valence-corrected chi connectivity index (χ1v) is 9.63. The number of aryl methyl sites for hydroxylation is 2. The Balaban J connectivity index is 1.40. The topological polar surface area (TPSA) is 49.8 Å². The SMILES string of the molecule is FC(F)(F)CN[C@H]1CC[C@H](Nc2ncnc3sc4c(c23)CCC4)CC1. The summed E-state index contributed by atoms with van der Waals surface area (Å²) in [6, 6.07) is 0.217. The van der Waals surface area contributed by atoms with Crippen LogP contribution in [0.1, 0.15) is 42.5 Å². The molecule has 0 atom stereocenters. The number of rotatable bonds is 4. The van der Waals surface area contributed by atoms with Crippen molar-refractivity contribution in [2.75, 3.05) is 11.9 Å². The van der Waals surface area contributed by atoms with Gasteiger partial charge in [-0.15, -0.1) is 11.3 Å². The molecule has 4 nitrogen and oxygen atoms in total. The maximum atomic E-state index is 12.3. The van der Waals surface area contributed by atoms with Crippen LogP contribution in [0.4, 0.5) is 19.0 Å². The molecule has 136 valence electrons. The summed E-state index contributed by atoms with van der Waals surface area (Å²) in [6.07, 6.45) is 4.10. The van der Waals surface area contributed by atoms with Crippen molar-refractivity contribution < 1.29 is 13.2 Å². The van der Waals surface area contributed by atoms with Gasteiger partial charge in [0, 0.05) is 17.0 Å². The predicted molar refractivity (Wildman–Crippen MR) is 93.2 cm³/mol. The van der Waals surface area contributed by atoms with Crippen LogP contribution in [0.25, 0.3) is 10.2 Å². The molecule has 0 aliphatic heterocycles. The van der Waals surface area contributed by atoms with E-state index < -0.39 is 12.7 Å². The molecule has 0 spiro atoms. The number of aromatic nitrogens is 2. The summed E-state index contributed by atoms with van der Waals surface area (Å²) in [7, 11) is 0. The summed E-state index contributed by atoms with van der Waals surface area (Å²) in [5.74, 6) is 0.899. The van der Waals surface area contributed by atoms with E-state index in [9.17, 15) is 13.2 Å². The highest BCUT2D eigenvalue weighted by Gasteiger charge is 2.30. The van der Waals surface area contributed by atoms with Gasteiger partial charge in [0.25, 0.3) is 0 Å². The highest BCUT2D eigenvalue weighted by molar-refractivity contribution is 7.19. The Morgan fingerprint density at radius 2 is 1.84 bits per heavy atom. The Labute approximate surface area is 148 Å². The Bertz CT molecular complexity index is 750. The number of nitrogens with zero attached hydrogens (tertiary/aromatic N) is 2. The molecule has 4 rings (SSSR count). The molecule has 2 aromatic rings. The number of hydrogen-bond donors (Lipinski definition) is 2. The number of fused-ring (bicyclic) bond motifs is 3. The molecule has 0 bridgehead atoms. The Morgan fingerprint density at radius 1 is 1.08 bits per heavy atom. The average Bonchev–Trinajstić information content (AvgIpc) is 3.14. The van der Waals surface area contributed by atoms with E-state index in [1.807, 2.05) is 0 Å². The van der Waals surface area contributed by atoms with Crippen LogP contribution in [0.2, 0.25) is 0 Å². The molecule has 8 heteroatoms. The molecular formula is C17H21F3N4S. The van der Waals surface area contributed by atoms with Gasteiger partial charge in [-0.25, -0.2) is 9.97 Å². The molecule has 1 fully saturated rings. The van der Waals surface area contributed by atoms with Crippen LogP contribution in [0.3, 0.4) is 0 Å². The second-order valence-corrected chi connectivity index (χ2v) is 8.03. The lowest BCUT2D eigenvalue weighted by atomic mass is 9.91. The second-order valence-electron chi connectivity index (χ2n) is 6.95. The molecule has 2 aliphatic carbocycles. The van der Waals surface area contributed by atoms with Gasteiger partial charge in [0.2, 0.25) is 0 Å². The van der Waals surface area contributed by atoms with Gasteiger partial charge in [0.05, 0.1) is 11.9 Å². The fourth-order valence-electron chi connectivity index (χ4n) is 3.93. The smallest absolute Gasteiger partial charge is 0.367 e. The first kappa shape index (κ1) is 17.0. The summed E-state index contributed by atoms with van der Waals surface area (Å²) >= 11 is 1.76. The second kappa shape index (κ2) is 6.72. The summed E-state index contributed by atoms with van der Waals surface area (Å²) in [5, 5.41) is 7.33. The van der Waals surface area contributed by atoms with Gasteiger partial charge in [-0.05, 0) is 50.5 Å². The zero-order valence-corrected chi connectivity index (χ0v) is 14.6. The summed E-state index contributed by atoms with van der Waals surface area (Å²) in [6.45, 7) is -0.899. The van der Waals surface area contributed by atoms with Crippen LogP contribution < -0.4 is 10.6 Å². The first-order valence-electron chi connectivity index (χ1n) is 8.81. The third-order valence-electron chi connectivity index (χ3n) is 5.16. The van der Waals surface area contributed by atoms with E-state index >= 15 is 0 Å². The lowest BCUT2D eigenvalue weighted by molar-refractivity contribution is -0.126. The minimum absolute atomic E-state index is 0.0458. The molecule has 0 unspecified atom stereocenters. The molecule has 2 heterocycles. The van der Waals surface area contributed by atoms with Crippen molar-refractivity contribution in [3.8, 4) is 0 Å². The van der Waals surface area contributed by atoms with Crippen LogP contribution in [-0.4, -0.2) is 34.8 Å². The maximum Gasteiger partial charge on any atom is 0.401 e. The van der Waals surface area contributed by atoms with Crippen LogP contribution >= 0.6 is 11.3 Å². The lowest BCUT2D eigenvalue weighted by Gasteiger charge is -2.30. The average molecular weight is 370 g/mol. The van der Waals surface area contributed by atoms with Crippen molar-refractivity contribution in [2.45, 2.75) is 63.2 Å². The van der Waals surface area contributed by atoms with Gasteiger partial charge in [-0.3, -0.25) is 0 Å². The third-order valence-corrected chi connectivity index (χ3v) is 6.36. The fourth-order valence-corrected chi connectivity index (χ4v) is 5.16. The third kappa shape index (κ3) is 3.74. The Hall–Kier alpha value is -1.41. The van der Waals surface area contributed by atoms with Crippen molar-refractivity contribution in [2.24, 2.45) is 0 Å². The molecule has 2 N–H and O–H groups in total. The zero-order chi connectivity index (χ0) is 17.4. The molecule has 1 saturated carbocycles. The molecule has 0 amide bonds. The van der Waals surface area contributed by atoms with E-state index in [0.717, 1.165) is 54.6 Å². The van der Waals surface area contributed by atoms with Crippen LogP contribution in [0.15, 0.2) is 6.33 Å². The van der Waals surface area contributed by atoms with Crippen LogP contribution in [-0.2, 0) is 12.8 Å². The fraction of sp³-hybridized carbons (Fsp3) is 0.647. The van der Waals surface area contributed by atoms with Crippen molar-refractivity contribution in [1.82, 2.24) is 15.3 Å². The van der Waals surface area contributed by atoms with Gasteiger partial charge in [-0.2, -0.15) is 13.2 Å².